The first-order valence-corrected chi connectivity index (χ1v) is 9.33. The van der Waals surface area contributed by atoms with Crippen LogP contribution in [0, 0.1) is 34.0 Å². The summed E-state index contributed by atoms with van der Waals surface area (Å²) in [6.07, 6.45) is 10.7. The summed E-state index contributed by atoms with van der Waals surface area (Å²) in [4.78, 5) is 0. The van der Waals surface area contributed by atoms with E-state index in [0.717, 1.165) is 12.8 Å². The molecule has 0 amide bonds. The Kier molecular flexibility index (Phi) is 3.18. The Morgan fingerprint density at radius 2 is 2.00 bits per heavy atom. The summed E-state index contributed by atoms with van der Waals surface area (Å²) < 4.78 is 0. The molecule has 3 saturated carbocycles. The van der Waals surface area contributed by atoms with Crippen molar-refractivity contribution in [2.45, 2.75) is 71.8 Å². The fraction of sp³-hybridized carbons (Fsp3) is 0.900. The Balaban J connectivity index is 1.79. The lowest BCUT2D eigenvalue weighted by molar-refractivity contribution is -0.185. The Morgan fingerprint density at radius 1 is 1.23 bits per heavy atom. The van der Waals surface area contributed by atoms with Gasteiger partial charge in [-0.1, -0.05) is 31.9 Å². The lowest BCUT2D eigenvalue weighted by atomic mass is 9.40. The highest BCUT2D eigenvalue weighted by atomic mass is 16.3. The van der Waals surface area contributed by atoms with Crippen molar-refractivity contribution in [2.75, 3.05) is 6.61 Å². The third-order valence-corrected chi connectivity index (χ3v) is 8.39. The van der Waals surface area contributed by atoms with Gasteiger partial charge < -0.3 is 10.2 Å². The van der Waals surface area contributed by atoms with E-state index in [1.165, 1.54) is 37.7 Å². The molecule has 1 spiro atoms. The highest BCUT2D eigenvalue weighted by Gasteiger charge is 2.64. The van der Waals surface area contributed by atoms with Gasteiger partial charge in [-0.25, -0.2) is 0 Å². The van der Waals surface area contributed by atoms with Gasteiger partial charge in [0.25, 0.3) is 0 Å². The Hall–Kier alpha value is -0.340. The maximum atomic E-state index is 11.0. The second-order valence-electron chi connectivity index (χ2n) is 9.57. The molecule has 0 radical (unpaired) electrons. The van der Waals surface area contributed by atoms with Gasteiger partial charge in [0.15, 0.2) is 0 Å². The summed E-state index contributed by atoms with van der Waals surface area (Å²) in [6, 6.07) is 0. The van der Waals surface area contributed by atoms with E-state index in [1.54, 1.807) is 0 Å². The molecular formula is C20H32O2. The van der Waals surface area contributed by atoms with Gasteiger partial charge in [0.1, 0.15) is 0 Å². The van der Waals surface area contributed by atoms with E-state index in [1.807, 2.05) is 0 Å². The summed E-state index contributed by atoms with van der Waals surface area (Å²) in [5.41, 5.74) is 2.04. The van der Waals surface area contributed by atoms with E-state index in [-0.39, 0.29) is 22.3 Å². The van der Waals surface area contributed by atoms with E-state index < -0.39 is 0 Å². The normalized spacial score (nSPS) is 57.0. The molecular weight excluding hydrogens is 272 g/mol. The van der Waals surface area contributed by atoms with Crippen LogP contribution >= 0.6 is 0 Å². The number of hydrogen-bond acceptors (Lipinski definition) is 2. The van der Waals surface area contributed by atoms with Gasteiger partial charge >= 0.3 is 0 Å². The minimum absolute atomic E-state index is 0.0581. The molecule has 4 aliphatic carbocycles. The molecule has 4 aliphatic rings. The molecule has 2 nitrogen and oxygen atoms in total. The smallest absolute Gasteiger partial charge is 0.0587 e. The van der Waals surface area contributed by atoms with Crippen molar-refractivity contribution in [3.63, 3.8) is 0 Å². The molecule has 2 bridgehead atoms. The van der Waals surface area contributed by atoms with Crippen LogP contribution in [-0.2, 0) is 0 Å². The topological polar surface area (TPSA) is 40.5 Å². The molecule has 7 unspecified atom stereocenters. The van der Waals surface area contributed by atoms with Crippen LogP contribution in [0.4, 0.5) is 0 Å². The maximum absolute atomic E-state index is 11.0. The van der Waals surface area contributed by atoms with Crippen LogP contribution in [0.25, 0.3) is 0 Å². The van der Waals surface area contributed by atoms with Crippen LogP contribution in [0.3, 0.4) is 0 Å². The molecule has 7 atom stereocenters. The number of aliphatic hydroxyl groups excluding tert-OH is 2. The first kappa shape index (κ1) is 15.2. The van der Waals surface area contributed by atoms with Crippen LogP contribution in [0.5, 0.6) is 0 Å². The first-order valence-electron chi connectivity index (χ1n) is 9.33. The second kappa shape index (κ2) is 4.60. The van der Waals surface area contributed by atoms with Crippen molar-refractivity contribution in [3.05, 3.63) is 11.6 Å². The third kappa shape index (κ3) is 1.74. The van der Waals surface area contributed by atoms with Crippen molar-refractivity contribution < 1.29 is 10.2 Å². The predicted octanol–water partition coefficient (Wildman–Crippen LogP) is 3.92. The van der Waals surface area contributed by atoms with Gasteiger partial charge in [0.05, 0.1) is 6.10 Å². The molecule has 0 saturated heterocycles. The molecule has 0 aromatic carbocycles. The number of hydrogen-bond donors (Lipinski definition) is 2. The minimum Gasteiger partial charge on any atom is -0.396 e. The summed E-state index contributed by atoms with van der Waals surface area (Å²) >= 11 is 0. The van der Waals surface area contributed by atoms with Crippen LogP contribution in [0.15, 0.2) is 11.6 Å². The van der Waals surface area contributed by atoms with Gasteiger partial charge in [-0.3, -0.25) is 0 Å². The lowest BCUT2D eigenvalue weighted by Gasteiger charge is -2.64. The lowest BCUT2D eigenvalue weighted by Crippen LogP contribution is -2.60. The SMILES string of the molecule is CC1=CC23CCC4C(C)(CO)CCCC4(C)C2C(O)CC1C3. The van der Waals surface area contributed by atoms with Gasteiger partial charge in [-0.15, -0.1) is 0 Å². The van der Waals surface area contributed by atoms with E-state index in [0.29, 0.717) is 24.4 Å². The summed E-state index contributed by atoms with van der Waals surface area (Å²) in [5, 5.41) is 21.1. The number of rotatable bonds is 1. The molecule has 4 rings (SSSR count). The third-order valence-electron chi connectivity index (χ3n) is 8.39. The first-order chi connectivity index (χ1) is 10.3. The highest BCUT2D eigenvalue weighted by molar-refractivity contribution is 5.28. The van der Waals surface area contributed by atoms with Crippen LogP contribution in [0.1, 0.15) is 65.7 Å². The molecule has 0 aromatic rings. The van der Waals surface area contributed by atoms with Crippen molar-refractivity contribution in [1.82, 2.24) is 0 Å². The van der Waals surface area contributed by atoms with Crippen molar-refractivity contribution in [2.24, 2.45) is 34.0 Å². The fourth-order valence-corrected chi connectivity index (χ4v) is 7.64. The number of aliphatic hydroxyl groups is 2. The molecule has 2 heteroatoms. The number of allylic oxidation sites excluding steroid dienone is 2. The van der Waals surface area contributed by atoms with Crippen LogP contribution < -0.4 is 0 Å². The van der Waals surface area contributed by atoms with Gasteiger partial charge in [0.2, 0.25) is 0 Å². The fourth-order valence-electron chi connectivity index (χ4n) is 7.64. The molecule has 124 valence electrons. The zero-order valence-corrected chi connectivity index (χ0v) is 14.4. The van der Waals surface area contributed by atoms with Crippen molar-refractivity contribution >= 4 is 0 Å². The van der Waals surface area contributed by atoms with Gasteiger partial charge in [-0.2, -0.15) is 0 Å². The van der Waals surface area contributed by atoms with Gasteiger partial charge in [0, 0.05) is 6.61 Å². The Bertz CT molecular complexity index is 512. The molecule has 0 heterocycles. The van der Waals surface area contributed by atoms with Crippen LogP contribution in [-0.4, -0.2) is 22.9 Å². The summed E-state index contributed by atoms with van der Waals surface area (Å²) in [6.45, 7) is 7.32. The van der Waals surface area contributed by atoms with E-state index in [9.17, 15) is 10.2 Å². The average molecular weight is 304 g/mol. The molecule has 0 aliphatic heterocycles. The highest BCUT2D eigenvalue weighted by Crippen LogP contribution is 2.70. The zero-order valence-electron chi connectivity index (χ0n) is 14.4. The summed E-state index contributed by atoms with van der Waals surface area (Å²) in [5.74, 6) is 1.59. The largest absolute Gasteiger partial charge is 0.396 e. The maximum Gasteiger partial charge on any atom is 0.0587 e. The quantitative estimate of drug-likeness (QED) is 0.721. The Morgan fingerprint density at radius 3 is 2.73 bits per heavy atom. The molecule has 0 aromatic heterocycles. The van der Waals surface area contributed by atoms with E-state index in [4.69, 9.17) is 0 Å². The van der Waals surface area contributed by atoms with Crippen LogP contribution in [0.2, 0.25) is 0 Å². The standard InChI is InChI=1S/C20H32O2/c1-13-10-20-8-5-16-18(2,12-21)6-4-7-19(16,3)17(20)15(22)9-14(13)11-20/h10,14-17,21-22H,4-9,11-12H2,1-3H3. The Labute approximate surface area is 135 Å². The van der Waals surface area contributed by atoms with Crippen molar-refractivity contribution in [1.29, 1.82) is 0 Å². The number of fused-ring (bicyclic) bond motifs is 3. The zero-order chi connectivity index (χ0) is 15.8. The van der Waals surface area contributed by atoms with E-state index in [2.05, 4.69) is 26.8 Å². The average Bonchev–Trinajstić information content (AvgIpc) is 2.69. The monoisotopic (exact) mass is 304 g/mol. The molecule has 2 N–H and O–H groups in total. The van der Waals surface area contributed by atoms with Crippen molar-refractivity contribution in [3.8, 4) is 0 Å². The minimum atomic E-state index is -0.152. The predicted molar refractivity (Wildman–Crippen MR) is 88.3 cm³/mol. The van der Waals surface area contributed by atoms with E-state index >= 15 is 0 Å². The molecule has 22 heavy (non-hydrogen) atoms. The second-order valence-corrected chi connectivity index (χ2v) is 9.57. The molecule has 3 fully saturated rings. The summed E-state index contributed by atoms with van der Waals surface area (Å²) in [7, 11) is 0. The van der Waals surface area contributed by atoms with Gasteiger partial charge in [-0.05, 0) is 79.4 Å².